The highest BCUT2D eigenvalue weighted by Crippen LogP contribution is 2.34. The van der Waals surface area contributed by atoms with Crippen molar-refractivity contribution >= 4 is 23.2 Å². The highest BCUT2D eigenvalue weighted by atomic mass is 32.1. The molecule has 17 heavy (non-hydrogen) atoms. The van der Waals surface area contributed by atoms with Gasteiger partial charge in [0.2, 0.25) is 5.78 Å². The zero-order chi connectivity index (χ0) is 11.8. The minimum Gasteiger partial charge on any atom is -0.508 e. The van der Waals surface area contributed by atoms with Gasteiger partial charge in [0.15, 0.2) is 5.76 Å². The molecule has 0 aliphatic carbocycles. The highest BCUT2D eigenvalue weighted by Gasteiger charge is 2.27. The molecule has 4 heteroatoms. The fraction of sp³-hybridized carbons (Fsp3) is 0. The first-order valence-electron chi connectivity index (χ1n) is 5.05. The van der Waals surface area contributed by atoms with E-state index in [-0.39, 0.29) is 11.5 Å². The molecule has 0 bridgehead atoms. The molecule has 0 fully saturated rings. The van der Waals surface area contributed by atoms with Crippen LogP contribution in [0.2, 0.25) is 0 Å². The Labute approximate surface area is 102 Å². The Hall–Kier alpha value is -2.07. The van der Waals surface area contributed by atoms with Gasteiger partial charge in [-0.05, 0) is 23.6 Å². The number of aromatic hydroxyl groups is 1. The normalized spacial score (nSPS) is 16.0. The van der Waals surface area contributed by atoms with E-state index in [4.69, 9.17) is 4.74 Å². The molecule has 3 nitrogen and oxygen atoms in total. The number of ketones is 1. The molecule has 1 aromatic heterocycles. The number of benzene rings is 1. The predicted octanol–water partition coefficient (Wildman–Crippen LogP) is 3.07. The number of phenols is 1. The number of fused-ring (bicyclic) bond motifs is 1. The first-order chi connectivity index (χ1) is 8.24. The number of allylic oxidation sites excluding steroid dienone is 1. The van der Waals surface area contributed by atoms with Crippen LogP contribution in [-0.2, 0) is 0 Å². The van der Waals surface area contributed by atoms with Crippen LogP contribution < -0.4 is 4.74 Å². The van der Waals surface area contributed by atoms with E-state index in [1.165, 1.54) is 23.5 Å². The Morgan fingerprint density at radius 3 is 2.94 bits per heavy atom. The Morgan fingerprint density at radius 1 is 1.29 bits per heavy atom. The lowest BCUT2D eigenvalue weighted by Gasteiger charge is -1.97. The summed E-state index contributed by atoms with van der Waals surface area (Å²) in [5.74, 6) is 0.660. The molecule has 3 rings (SSSR count). The van der Waals surface area contributed by atoms with Crippen molar-refractivity contribution in [2.45, 2.75) is 0 Å². The summed E-state index contributed by atoms with van der Waals surface area (Å²) in [7, 11) is 0. The van der Waals surface area contributed by atoms with Crippen LogP contribution in [0.1, 0.15) is 15.2 Å². The average Bonchev–Trinajstić information content (AvgIpc) is 2.89. The monoisotopic (exact) mass is 244 g/mol. The number of phenolic OH excluding ortho intramolecular Hbond substituents is 1. The predicted molar refractivity (Wildman–Crippen MR) is 65.4 cm³/mol. The first kappa shape index (κ1) is 10.1. The molecule has 0 saturated carbocycles. The molecule has 0 saturated heterocycles. The van der Waals surface area contributed by atoms with Gasteiger partial charge in [0.05, 0.1) is 5.56 Å². The van der Waals surface area contributed by atoms with Crippen LogP contribution in [0.4, 0.5) is 0 Å². The van der Waals surface area contributed by atoms with Crippen LogP contribution in [0.5, 0.6) is 11.5 Å². The molecule has 2 heterocycles. The zero-order valence-corrected chi connectivity index (χ0v) is 9.53. The number of hydrogen-bond acceptors (Lipinski definition) is 4. The van der Waals surface area contributed by atoms with Crippen molar-refractivity contribution in [3.05, 3.63) is 51.9 Å². The lowest BCUT2D eigenvalue weighted by Crippen LogP contribution is -1.97. The SMILES string of the molecule is O=C1/C(=C/c2cccs2)Oc2cc(O)ccc21. The molecule has 1 aliphatic rings. The van der Waals surface area contributed by atoms with E-state index in [9.17, 15) is 9.90 Å². The number of rotatable bonds is 1. The van der Waals surface area contributed by atoms with E-state index in [2.05, 4.69) is 0 Å². The molecule has 1 N–H and O–H groups in total. The summed E-state index contributed by atoms with van der Waals surface area (Å²) in [6.07, 6.45) is 1.71. The summed E-state index contributed by atoms with van der Waals surface area (Å²) in [6, 6.07) is 8.32. The maximum atomic E-state index is 12.0. The van der Waals surface area contributed by atoms with Gasteiger partial charge in [0, 0.05) is 17.0 Å². The Balaban J connectivity index is 2.02. The molecule has 1 aromatic carbocycles. The van der Waals surface area contributed by atoms with E-state index in [1.807, 2.05) is 17.5 Å². The molecule has 0 unspecified atom stereocenters. The molecular formula is C13H8O3S. The Bertz CT molecular complexity index is 612. The molecule has 1 aliphatic heterocycles. The molecule has 0 spiro atoms. The number of thiophene rings is 1. The van der Waals surface area contributed by atoms with Crippen molar-refractivity contribution in [1.82, 2.24) is 0 Å². The quantitative estimate of drug-likeness (QED) is 0.784. The Kier molecular flexibility index (Phi) is 2.23. The van der Waals surface area contributed by atoms with Crippen LogP contribution in [-0.4, -0.2) is 10.9 Å². The van der Waals surface area contributed by atoms with Gasteiger partial charge in [-0.2, -0.15) is 0 Å². The minimum absolute atomic E-state index is 0.0916. The molecule has 0 atom stereocenters. The second-order valence-corrected chi connectivity index (χ2v) is 4.61. The van der Waals surface area contributed by atoms with Gasteiger partial charge in [0.1, 0.15) is 11.5 Å². The fourth-order valence-corrected chi connectivity index (χ4v) is 2.32. The summed E-state index contributed by atoms with van der Waals surface area (Å²) in [5, 5.41) is 11.3. The van der Waals surface area contributed by atoms with E-state index < -0.39 is 0 Å². The van der Waals surface area contributed by atoms with E-state index >= 15 is 0 Å². The molecule has 2 aromatic rings. The molecular weight excluding hydrogens is 236 g/mol. The van der Waals surface area contributed by atoms with E-state index in [1.54, 1.807) is 12.1 Å². The molecule has 0 radical (unpaired) electrons. The third-order valence-corrected chi connectivity index (χ3v) is 3.29. The van der Waals surface area contributed by atoms with Gasteiger partial charge in [0.25, 0.3) is 0 Å². The zero-order valence-electron chi connectivity index (χ0n) is 8.71. The van der Waals surface area contributed by atoms with Gasteiger partial charge >= 0.3 is 0 Å². The summed E-state index contributed by atoms with van der Waals surface area (Å²) < 4.78 is 5.43. The fourth-order valence-electron chi connectivity index (χ4n) is 1.68. The summed E-state index contributed by atoms with van der Waals surface area (Å²) in [6.45, 7) is 0. The van der Waals surface area contributed by atoms with Crippen LogP contribution in [0.3, 0.4) is 0 Å². The first-order valence-corrected chi connectivity index (χ1v) is 5.93. The van der Waals surface area contributed by atoms with Crippen molar-refractivity contribution in [2.24, 2.45) is 0 Å². The van der Waals surface area contributed by atoms with Crippen molar-refractivity contribution in [2.75, 3.05) is 0 Å². The number of hydrogen-bond donors (Lipinski definition) is 1. The molecule has 0 amide bonds. The van der Waals surface area contributed by atoms with Crippen molar-refractivity contribution in [3.63, 3.8) is 0 Å². The second kappa shape index (κ2) is 3.75. The highest BCUT2D eigenvalue weighted by molar-refractivity contribution is 7.10. The van der Waals surface area contributed by atoms with Crippen LogP contribution in [0.25, 0.3) is 6.08 Å². The smallest absolute Gasteiger partial charge is 0.232 e. The van der Waals surface area contributed by atoms with Gasteiger partial charge in [-0.3, -0.25) is 4.79 Å². The third kappa shape index (κ3) is 1.72. The largest absolute Gasteiger partial charge is 0.508 e. The minimum atomic E-state index is -0.145. The van der Waals surface area contributed by atoms with Crippen LogP contribution in [0.15, 0.2) is 41.5 Å². The van der Waals surface area contributed by atoms with Gasteiger partial charge in [-0.1, -0.05) is 6.07 Å². The summed E-state index contributed by atoms with van der Waals surface area (Å²) in [5.41, 5.74) is 0.491. The van der Waals surface area contributed by atoms with Crippen LogP contribution >= 0.6 is 11.3 Å². The number of carbonyl (C=O) groups is 1. The van der Waals surface area contributed by atoms with E-state index in [0.29, 0.717) is 17.1 Å². The topological polar surface area (TPSA) is 46.5 Å². The lowest BCUT2D eigenvalue weighted by molar-refractivity contribution is 0.101. The maximum Gasteiger partial charge on any atom is 0.232 e. The van der Waals surface area contributed by atoms with Crippen LogP contribution in [0, 0.1) is 0 Å². The molecule has 84 valence electrons. The van der Waals surface area contributed by atoms with Gasteiger partial charge < -0.3 is 9.84 Å². The van der Waals surface area contributed by atoms with Crippen molar-refractivity contribution in [3.8, 4) is 11.5 Å². The second-order valence-electron chi connectivity index (χ2n) is 3.64. The standard InChI is InChI=1S/C13H8O3S/c14-8-3-4-10-11(6-8)16-12(13(10)15)7-9-2-1-5-17-9/h1-7,14H/b12-7-. The van der Waals surface area contributed by atoms with Crippen molar-refractivity contribution < 1.29 is 14.6 Å². The lowest BCUT2D eigenvalue weighted by atomic mass is 10.1. The summed E-state index contributed by atoms with van der Waals surface area (Å²) in [4.78, 5) is 12.9. The average molecular weight is 244 g/mol. The summed E-state index contributed by atoms with van der Waals surface area (Å²) >= 11 is 1.54. The maximum absolute atomic E-state index is 12.0. The van der Waals surface area contributed by atoms with Gasteiger partial charge in [-0.25, -0.2) is 0 Å². The number of ether oxygens (including phenoxy) is 1. The van der Waals surface area contributed by atoms with Crippen molar-refractivity contribution in [1.29, 1.82) is 0 Å². The van der Waals surface area contributed by atoms with E-state index in [0.717, 1.165) is 4.88 Å². The number of carbonyl (C=O) groups excluding carboxylic acids is 1. The third-order valence-electron chi connectivity index (χ3n) is 2.47. The Morgan fingerprint density at radius 2 is 2.18 bits per heavy atom. The van der Waals surface area contributed by atoms with Gasteiger partial charge in [-0.15, -0.1) is 11.3 Å². The number of Topliss-reactive ketones (excluding diaryl/α,β-unsaturated/α-hetero) is 1.